The molecule has 0 unspecified atom stereocenters. The van der Waals surface area contributed by atoms with Crippen LogP contribution in [0.5, 0.6) is 0 Å². The Kier molecular flexibility index (Phi) is 2.74. The number of rotatable bonds is 1. The van der Waals surface area contributed by atoms with Gasteiger partial charge in [-0.1, -0.05) is 17.2 Å². The zero-order chi connectivity index (χ0) is 12.5. The smallest absolute Gasteiger partial charge is 0.199 e. The summed E-state index contributed by atoms with van der Waals surface area (Å²) in [5.74, 6) is 0. The largest absolute Gasteiger partial charge is 0.416 e. The van der Waals surface area contributed by atoms with E-state index in [1.807, 2.05) is 0 Å². The van der Waals surface area contributed by atoms with Crippen LogP contribution in [0.15, 0.2) is 30.5 Å². The van der Waals surface area contributed by atoms with Crippen molar-refractivity contribution in [2.24, 2.45) is 0 Å². The molecule has 0 spiro atoms. The Morgan fingerprint density at radius 3 is 2.18 bits per heavy atom. The van der Waals surface area contributed by atoms with Crippen LogP contribution in [0.4, 0.5) is 17.6 Å². The number of hydrogen-bond acceptors (Lipinski definition) is 3. The summed E-state index contributed by atoms with van der Waals surface area (Å²) < 4.78 is 49.5. The van der Waals surface area contributed by atoms with Gasteiger partial charge in [-0.2, -0.15) is 27.6 Å². The second kappa shape index (κ2) is 4.08. The number of benzene rings is 1. The zero-order valence-corrected chi connectivity index (χ0v) is 8.24. The molecule has 0 amide bonds. The van der Waals surface area contributed by atoms with Crippen LogP contribution in [0.1, 0.15) is 5.56 Å². The monoisotopic (exact) mass is 243 g/mol. The molecule has 0 N–H and O–H groups in total. The first-order valence-electron chi connectivity index (χ1n) is 4.49. The molecule has 0 atom stereocenters. The maximum absolute atomic E-state index is 12.7. The van der Waals surface area contributed by atoms with Crippen molar-refractivity contribution >= 4 is 0 Å². The Hall–Kier alpha value is -2.05. The number of aromatic nitrogens is 3. The molecule has 1 aromatic carbocycles. The Labute approximate surface area is 93.1 Å². The predicted octanol–water partition coefficient (Wildman–Crippen LogP) is 2.70. The number of nitrogens with zero attached hydrogens (tertiary/aromatic N) is 3. The van der Waals surface area contributed by atoms with Crippen molar-refractivity contribution in [3.8, 4) is 11.3 Å². The molecule has 0 saturated carbocycles. The van der Waals surface area contributed by atoms with Crippen LogP contribution in [-0.2, 0) is 6.18 Å². The Balaban J connectivity index is 2.36. The lowest BCUT2D eigenvalue weighted by Crippen LogP contribution is -2.04. The van der Waals surface area contributed by atoms with Crippen LogP contribution in [0, 0.1) is 6.08 Å². The van der Waals surface area contributed by atoms with E-state index in [2.05, 4.69) is 15.2 Å². The highest BCUT2D eigenvalue weighted by Gasteiger charge is 2.29. The SMILES string of the molecule is Fc1nncc(-c2ccc(C(F)(F)F)cc2)n1. The molecule has 0 aliphatic carbocycles. The van der Waals surface area contributed by atoms with E-state index in [9.17, 15) is 17.6 Å². The average Bonchev–Trinajstić information content (AvgIpc) is 2.28. The van der Waals surface area contributed by atoms with Gasteiger partial charge in [0.25, 0.3) is 0 Å². The van der Waals surface area contributed by atoms with Crippen LogP contribution in [0.25, 0.3) is 11.3 Å². The molecule has 0 aliphatic heterocycles. The molecule has 1 heterocycles. The summed E-state index contributed by atoms with van der Waals surface area (Å²) in [5.41, 5.74) is -0.304. The first kappa shape index (κ1) is 11.4. The summed E-state index contributed by atoms with van der Waals surface area (Å²) in [6, 6.07) is 4.20. The minimum absolute atomic E-state index is 0.131. The minimum atomic E-state index is -4.40. The van der Waals surface area contributed by atoms with Gasteiger partial charge in [0.15, 0.2) is 0 Å². The van der Waals surface area contributed by atoms with Gasteiger partial charge in [0.2, 0.25) is 0 Å². The van der Waals surface area contributed by atoms with Crippen molar-refractivity contribution in [1.82, 2.24) is 15.2 Å². The molecule has 1 aromatic heterocycles. The average molecular weight is 243 g/mol. The Bertz CT molecular complexity index is 522. The van der Waals surface area contributed by atoms with Crippen LogP contribution >= 0.6 is 0 Å². The fraction of sp³-hybridized carbons (Fsp3) is 0.100. The molecule has 2 aromatic rings. The van der Waals surface area contributed by atoms with E-state index in [0.717, 1.165) is 12.1 Å². The highest BCUT2D eigenvalue weighted by atomic mass is 19.4. The summed E-state index contributed by atoms with van der Waals surface area (Å²) in [4.78, 5) is 3.41. The molecule has 0 aliphatic rings. The van der Waals surface area contributed by atoms with Gasteiger partial charge in [-0.3, -0.25) is 0 Å². The van der Waals surface area contributed by atoms with Crippen molar-refractivity contribution in [3.05, 3.63) is 42.1 Å². The maximum atomic E-state index is 12.7. The lowest BCUT2D eigenvalue weighted by Gasteiger charge is -2.06. The molecule has 0 radical (unpaired) electrons. The minimum Gasteiger partial charge on any atom is -0.199 e. The lowest BCUT2D eigenvalue weighted by atomic mass is 10.1. The Morgan fingerprint density at radius 2 is 1.65 bits per heavy atom. The topological polar surface area (TPSA) is 38.7 Å². The van der Waals surface area contributed by atoms with Crippen molar-refractivity contribution < 1.29 is 17.6 Å². The fourth-order valence-electron chi connectivity index (χ4n) is 1.25. The van der Waals surface area contributed by atoms with Crippen molar-refractivity contribution in [2.45, 2.75) is 6.18 Å². The van der Waals surface area contributed by atoms with Crippen molar-refractivity contribution in [3.63, 3.8) is 0 Å². The summed E-state index contributed by atoms with van der Waals surface area (Å²) in [6.45, 7) is 0. The van der Waals surface area contributed by atoms with E-state index in [-0.39, 0.29) is 5.69 Å². The van der Waals surface area contributed by atoms with E-state index < -0.39 is 17.8 Å². The van der Waals surface area contributed by atoms with Crippen LogP contribution < -0.4 is 0 Å². The quantitative estimate of drug-likeness (QED) is 0.723. The first-order chi connectivity index (χ1) is 7.97. The molecular formula is C10H5F4N3. The van der Waals surface area contributed by atoms with E-state index in [0.29, 0.717) is 5.56 Å². The number of alkyl halides is 3. The third-order valence-corrected chi connectivity index (χ3v) is 2.04. The summed E-state index contributed by atoms with van der Waals surface area (Å²) in [7, 11) is 0. The first-order valence-corrected chi connectivity index (χ1v) is 4.49. The highest BCUT2D eigenvalue weighted by Crippen LogP contribution is 2.30. The van der Waals surface area contributed by atoms with Gasteiger partial charge >= 0.3 is 12.3 Å². The van der Waals surface area contributed by atoms with Crippen LogP contribution in [-0.4, -0.2) is 15.2 Å². The van der Waals surface area contributed by atoms with Gasteiger partial charge < -0.3 is 0 Å². The highest BCUT2D eigenvalue weighted by molar-refractivity contribution is 5.58. The van der Waals surface area contributed by atoms with Gasteiger partial charge in [-0.05, 0) is 12.1 Å². The molecule has 0 fully saturated rings. The molecule has 2 rings (SSSR count). The fourth-order valence-corrected chi connectivity index (χ4v) is 1.25. The van der Waals surface area contributed by atoms with Gasteiger partial charge in [-0.15, -0.1) is 0 Å². The second-order valence-corrected chi connectivity index (χ2v) is 3.19. The van der Waals surface area contributed by atoms with Crippen LogP contribution in [0.2, 0.25) is 0 Å². The van der Waals surface area contributed by atoms with Gasteiger partial charge in [-0.25, -0.2) is 0 Å². The standard InChI is InChI=1S/C10H5F4N3/c11-9-16-8(5-15-17-9)6-1-3-7(4-2-6)10(12,13)14/h1-5H. The summed E-state index contributed by atoms with van der Waals surface area (Å²) in [6.07, 6.45) is -4.25. The van der Waals surface area contributed by atoms with E-state index in [1.165, 1.54) is 18.3 Å². The summed E-state index contributed by atoms with van der Waals surface area (Å²) in [5, 5.41) is 6.34. The molecular weight excluding hydrogens is 238 g/mol. The summed E-state index contributed by atoms with van der Waals surface area (Å²) >= 11 is 0. The van der Waals surface area contributed by atoms with Gasteiger partial charge in [0, 0.05) is 5.56 Å². The molecule has 0 saturated heterocycles. The third-order valence-electron chi connectivity index (χ3n) is 2.04. The van der Waals surface area contributed by atoms with Crippen molar-refractivity contribution in [1.29, 1.82) is 0 Å². The molecule has 0 bridgehead atoms. The van der Waals surface area contributed by atoms with E-state index in [1.54, 1.807) is 0 Å². The Morgan fingerprint density at radius 1 is 1.00 bits per heavy atom. The normalized spacial score (nSPS) is 11.5. The van der Waals surface area contributed by atoms with E-state index in [4.69, 9.17) is 0 Å². The van der Waals surface area contributed by atoms with Gasteiger partial charge in [0.05, 0.1) is 17.5 Å². The number of hydrogen-bond donors (Lipinski definition) is 0. The lowest BCUT2D eigenvalue weighted by molar-refractivity contribution is -0.137. The zero-order valence-electron chi connectivity index (χ0n) is 8.24. The van der Waals surface area contributed by atoms with Gasteiger partial charge in [0.1, 0.15) is 0 Å². The predicted molar refractivity (Wildman–Crippen MR) is 50.2 cm³/mol. The number of halogens is 4. The van der Waals surface area contributed by atoms with E-state index >= 15 is 0 Å². The molecule has 7 heteroatoms. The molecule has 3 nitrogen and oxygen atoms in total. The maximum Gasteiger partial charge on any atom is 0.416 e. The second-order valence-electron chi connectivity index (χ2n) is 3.19. The third kappa shape index (κ3) is 2.55. The molecule has 17 heavy (non-hydrogen) atoms. The van der Waals surface area contributed by atoms with Crippen molar-refractivity contribution in [2.75, 3.05) is 0 Å². The molecule has 88 valence electrons. The van der Waals surface area contributed by atoms with Crippen LogP contribution in [0.3, 0.4) is 0 Å².